The maximum Gasteiger partial charge on any atom is 0.318 e. The van der Waals surface area contributed by atoms with Gasteiger partial charge in [-0.3, -0.25) is 19.5 Å². The Hall–Kier alpha value is -2.65. The van der Waals surface area contributed by atoms with Gasteiger partial charge in [-0.2, -0.15) is 0 Å². The highest BCUT2D eigenvalue weighted by Crippen LogP contribution is 2.38. The van der Waals surface area contributed by atoms with Gasteiger partial charge in [-0.25, -0.2) is 9.78 Å². The third kappa shape index (κ3) is 4.31. The van der Waals surface area contributed by atoms with E-state index in [4.69, 9.17) is 10.7 Å². The van der Waals surface area contributed by atoms with Crippen molar-refractivity contribution in [1.29, 1.82) is 0 Å². The highest BCUT2D eigenvalue weighted by Gasteiger charge is 2.29. The van der Waals surface area contributed by atoms with Gasteiger partial charge in [-0.05, 0) is 48.8 Å². The molecule has 2 atom stereocenters. The molecule has 1 aliphatic rings. The van der Waals surface area contributed by atoms with Crippen LogP contribution in [0.4, 0.5) is 4.79 Å². The van der Waals surface area contributed by atoms with Gasteiger partial charge in [0.05, 0.1) is 16.3 Å². The number of amides is 3. The van der Waals surface area contributed by atoms with Crippen LogP contribution in [0.2, 0.25) is 0 Å². The smallest absolute Gasteiger partial charge is 0.318 e. The first-order valence-corrected chi connectivity index (χ1v) is 12.4. The molecular formula is C23H26N4O3S2. The SMILES string of the molecule is CC1CCc2c(sc3nc(SC(C(=O)NC(N)=O)C(C)C)n(-c4ccccc4)c(=O)c23)C1. The summed E-state index contributed by atoms with van der Waals surface area (Å²) < 4.78 is 1.59. The molecule has 168 valence electrons. The van der Waals surface area contributed by atoms with E-state index >= 15 is 0 Å². The van der Waals surface area contributed by atoms with Gasteiger partial charge in [0.25, 0.3) is 5.56 Å². The van der Waals surface area contributed by atoms with E-state index in [9.17, 15) is 14.4 Å². The second kappa shape index (κ2) is 9.07. The Morgan fingerprint density at radius 2 is 2.00 bits per heavy atom. The highest BCUT2D eigenvalue weighted by molar-refractivity contribution is 8.00. The molecule has 2 aromatic heterocycles. The number of thioether (sulfide) groups is 1. The lowest BCUT2D eigenvalue weighted by Gasteiger charge is -2.21. The molecule has 2 heterocycles. The molecule has 0 fully saturated rings. The summed E-state index contributed by atoms with van der Waals surface area (Å²) in [5.41, 5.74) is 6.86. The van der Waals surface area contributed by atoms with E-state index in [2.05, 4.69) is 12.2 Å². The minimum Gasteiger partial charge on any atom is -0.351 e. The van der Waals surface area contributed by atoms with Gasteiger partial charge in [0.1, 0.15) is 4.83 Å². The number of primary amides is 1. The number of aromatic nitrogens is 2. The molecule has 0 bridgehead atoms. The molecule has 1 aliphatic carbocycles. The van der Waals surface area contributed by atoms with E-state index in [1.54, 1.807) is 15.9 Å². The molecule has 0 aliphatic heterocycles. The summed E-state index contributed by atoms with van der Waals surface area (Å²) in [5, 5.41) is 2.64. The Morgan fingerprint density at radius 3 is 2.66 bits per heavy atom. The first-order chi connectivity index (χ1) is 15.3. The van der Waals surface area contributed by atoms with Crippen LogP contribution < -0.4 is 16.6 Å². The van der Waals surface area contributed by atoms with Crippen molar-refractivity contribution in [3.63, 3.8) is 0 Å². The van der Waals surface area contributed by atoms with E-state index in [-0.39, 0.29) is 11.5 Å². The van der Waals surface area contributed by atoms with E-state index < -0.39 is 17.2 Å². The van der Waals surface area contributed by atoms with E-state index in [1.807, 2.05) is 44.2 Å². The summed E-state index contributed by atoms with van der Waals surface area (Å²) in [5.74, 6) is -0.0251. The van der Waals surface area contributed by atoms with Crippen molar-refractivity contribution in [2.75, 3.05) is 0 Å². The Bertz CT molecular complexity index is 1230. The zero-order valence-corrected chi connectivity index (χ0v) is 19.9. The molecule has 4 rings (SSSR count). The van der Waals surface area contributed by atoms with Crippen molar-refractivity contribution < 1.29 is 9.59 Å². The molecule has 7 nitrogen and oxygen atoms in total. The van der Waals surface area contributed by atoms with Gasteiger partial charge in [0.2, 0.25) is 5.91 Å². The van der Waals surface area contributed by atoms with Gasteiger partial charge in [0, 0.05) is 4.88 Å². The maximum atomic E-state index is 13.8. The average Bonchev–Trinajstić information content (AvgIpc) is 3.09. The summed E-state index contributed by atoms with van der Waals surface area (Å²) in [6.07, 6.45) is 2.90. The van der Waals surface area contributed by atoms with Crippen LogP contribution in [0.25, 0.3) is 15.9 Å². The first-order valence-electron chi connectivity index (χ1n) is 10.7. The number of nitrogens with zero attached hydrogens (tertiary/aromatic N) is 2. The zero-order chi connectivity index (χ0) is 23.0. The van der Waals surface area contributed by atoms with Crippen LogP contribution in [0, 0.1) is 11.8 Å². The number of para-hydroxylation sites is 1. The molecule has 0 saturated heterocycles. The second-order valence-corrected chi connectivity index (χ2v) is 10.7. The average molecular weight is 471 g/mol. The predicted molar refractivity (Wildman–Crippen MR) is 129 cm³/mol. The lowest BCUT2D eigenvalue weighted by atomic mass is 9.89. The van der Waals surface area contributed by atoms with Crippen molar-refractivity contribution in [3.8, 4) is 5.69 Å². The van der Waals surface area contributed by atoms with Crippen LogP contribution >= 0.6 is 23.1 Å². The van der Waals surface area contributed by atoms with Gasteiger partial charge >= 0.3 is 6.03 Å². The largest absolute Gasteiger partial charge is 0.351 e. The van der Waals surface area contributed by atoms with Crippen molar-refractivity contribution in [2.24, 2.45) is 17.6 Å². The zero-order valence-electron chi connectivity index (χ0n) is 18.3. The van der Waals surface area contributed by atoms with Crippen LogP contribution in [0.1, 0.15) is 37.6 Å². The lowest BCUT2D eigenvalue weighted by Crippen LogP contribution is -2.42. The van der Waals surface area contributed by atoms with E-state index in [0.29, 0.717) is 27.0 Å². The standard InChI is InChI=1S/C23H26N4O3S2/c1-12(2)18(19(28)25-22(24)30)32-23-26-20-17(15-10-9-13(3)11-16(15)31-20)21(29)27(23)14-7-5-4-6-8-14/h4-8,12-13,18H,9-11H2,1-3H3,(H3,24,25,28,30). The van der Waals surface area contributed by atoms with Crippen LogP contribution in [0.5, 0.6) is 0 Å². The molecule has 9 heteroatoms. The summed E-state index contributed by atoms with van der Waals surface area (Å²) >= 11 is 2.76. The normalized spacial score (nSPS) is 16.7. The molecule has 0 radical (unpaired) electrons. The number of nitrogens with one attached hydrogen (secondary N) is 1. The fraction of sp³-hybridized carbons (Fsp3) is 0.391. The highest BCUT2D eigenvalue weighted by atomic mass is 32.2. The number of hydrogen-bond donors (Lipinski definition) is 2. The van der Waals surface area contributed by atoms with Crippen LogP contribution in [0.15, 0.2) is 40.3 Å². The fourth-order valence-corrected chi connectivity index (χ4v) is 6.59. The third-order valence-electron chi connectivity index (χ3n) is 5.66. The topological polar surface area (TPSA) is 107 Å². The van der Waals surface area contributed by atoms with Crippen molar-refractivity contribution >= 4 is 45.3 Å². The van der Waals surface area contributed by atoms with Gasteiger partial charge in [0.15, 0.2) is 5.16 Å². The number of nitrogens with two attached hydrogens (primary N) is 1. The predicted octanol–water partition coefficient (Wildman–Crippen LogP) is 3.88. The van der Waals surface area contributed by atoms with Gasteiger partial charge in [-0.1, -0.05) is 50.7 Å². The minimum atomic E-state index is -0.898. The van der Waals surface area contributed by atoms with Gasteiger partial charge < -0.3 is 5.73 Å². The van der Waals surface area contributed by atoms with Crippen molar-refractivity contribution in [1.82, 2.24) is 14.9 Å². The number of urea groups is 1. The quantitative estimate of drug-likeness (QED) is 0.435. The van der Waals surface area contributed by atoms with Crippen LogP contribution in [-0.4, -0.2) is 26.7 Å². The molecular weight excluding hydrogens is 444 g/mol. The van der Waals surface area contributed by atoms with E-state index in [0.717, 1.165) is 24.8 Å². The number of aryl methyl sites for hydroxylation is 1. The van der Waals surface area contributed by atoms with E-state index in [1.165, 1.54) is 16.6 Å². The fourth-order valence-electron chi connectivity index (χ4n) is 4.05. The summed E-state index contributed by atoms with van der Waals surface area (Å²) in [6, 6.07) is 8.43. The molecule has 32 heavy (non-hydrogen) atoms. The molecule has 3 amide bonds. The third-order valence-corrected chi connectivity index (χ3v) is 8.30. The summed E-state index contributed by atoms with van der Waals surface area (Å²) in [7, 11) is 0. The summed E-state index contributed by atoms with van der Waals surface area (Å²) in [4.78, 5) is 44.5. The number of fused-ring (bicyclic) bond motifs is 3. The lowest BCUT2D eigenvalue weighted by molar-refractivity contribution is -0.120. The van der Waals surface area contributed by atoms with Gasteiger partial charge in [-0.15, -0.1) is 11.3 Å². The van der Waals surface area contributed by atoms with Crippen molar-refractivity contribution in [3.05, 3.63) is 51.1 Å². The number of thiophene rings is 1. The number of carbonyl (C=O) groups is 2. The molecule has 1 aromatic carbocycles. The molecule has 2 unspecified atom stereocenters. The Kier molecular flexibility index (Phi) is 6.39. The molecule has 0 spiro atoms. The van der Waals surface area contributed by atoms with Crippen LogP contribution in [0.3, 0.4) is 0 Å². The molecule has 3 N–H and O–H groups in total. The maximum absolute atomic E-state index is 13.8. The number of benzene rings is 1. The molecule has 3 aromatic rings. The van der Waals surface area contributed by atoms with Crippen molar-refractivity contribution in [2.45, 2.75) is 50.4 Å². The first kappa shape index (κ1) is 22.5. The Balaban J connectivity index is 1.90. The number of rotatable bonds is 5. The monoisotopic (exact) mass is 470 g/mol. The number of hydrogen-bond acceptors (Lipinski definition) is 6. The number of imide groups is 1. The Morgan fingerprint density at radius 1 is 1.28 bits per heavy atom. The van der Waals surface area contributed by atoms with Crippen LogP contribution in [-0.2, 0) is 17.6 Å². The Labute approximate surface area is 194 Å². The minimum absolute atomic E-state index is 0.117. The number of carbonyl (C=O) groups excluding carboxylic acids is 2. The second-order valence-electron chi connectivity index (χ2n) is 8.54. The molecule has 0 saturated carbocycles. The summed E-state index contributed by atoms with van der Waals surface area (Å²) in [6.45, 7) is 5.99.